The van der Waals surface area contributed by atoms with Gasteiger partial charge < -0.3 is 13.6 Å². The molecule has 5 heteroatoms. The Morgan fingerprint density at radius 1 is 0.373 bits per heavy atom. The number of benzene rings is 9. The molecule has 0 atom stereocenters. The lowest BCUT2D eigenvalue weighted by Crippen LogP contribution is -1.98. The third-order valence-electron chi connectivity index (χ3n) is 12.1. The van der Waals surface area contributed by atoms with Crippen LogP contribution in [-0.2, 0) is 0 Å². The molecule has 0 N–H and O–H groups in total. The standard InChI is InChI=1S/C54H32N4O/c1-8-26-47-36(17-1)37-18-2-9-27-48(37)58(47)49-28-12-14-33-31-50-43(32-42(33)49)38-19-3-7-25-46(38)57(50)35-16-11-15-34(30-35)52-53(56-45-24-6-5-23-44(45)55-52)41-22-13-21-40-39-20-4-10-29-51(39)59-54(40)41/h1-32H. The van der Waals surface area contributed by atoms with E-state index < -0.39 is 0 Å². The summed E-state index contributed by atoms with van der Waals surface area (Å²) in [6.45, 7) is 0. The maximum Gasteiger partial charge on any atom is 0.144 e. The number of hydrogen-bond donors (Lipinski definition) is 0. The van der Waals surface area contributed by atoms with E-state index in [1.165, 1.54) is 49.0 Å². The van der Waals surface area contributed by atoms with E-state index in [-0.39, 0.29) is 0 Å². The Bertz CT molecular complexity index is 3810. The van der Waals surface area contributed by atoms with Crippen LogP contribution in [-0.4, -0.2) is 19.1 Å². The molecule has 0 spiro atoms. The summed E-state index contributed by atoms with van der Waals surface area (Å²) in [5, 5.41) is 9.45. The SMILES string of the molecule is c1cc(-c2nc3ccccc3nc2-c2cccc3c2oc2ccccc23)cc(-n2c3ccccc3c3cc4c(-n5c6ccccc6c6ccccc65)cccc4cc32)c1. The highest BCUT2D eigenvalue weighted by atomic mass is 16.3. The van der Waals surface area contributed by atoms with Crippen molar-refractivity contribution in [2.75, 3.05) is 0 Å². The topological polar surface area (TPSA) is 48.8 Å². The van der Waals surface area contributed by atoms with E-state index in [4.69, 9.17) is 14.4 Å². The van der Waals surface area contributed by atoms with Crippen LogP contribution in [0.2, 0.25) is 0 Å². The van der Waals surface area contributed by atoms with Crippen molar-refractivity contribution < 1.29 is 4.42 Å². The molecule has 59 heavy (non-hydrogen) atoms. The normalized spacial score (nSPS) is 12.1. The summed E-state index contributed by atoms with van der Waals surface area (Å²) in [6, 6.07) is 69.0. The van der Waals surface area contributed by atoms with E-state index >= 15 is 0 Å². The number of fused-ring (bicyclic) bond motifs is 11. The number of furan rings is 1. The quantitative estimate of drug-likeness (QED) is 0.180. The Kier molecular flexibility index (Phi) is 6.66. The maximum absolute atomic E-state index is 6.56. The Labute approximate surface area is 337 Å². The third-order valence-corrected chi connectivity index (χ3v) is 12.1. The zero-order valence-corrected chi connectivity index (χ0v) is 31.7. The fraction of sp³-hybridized carbons (Fsp3) is 0. The van der Waals surface area contributed by atoms with Crippen molar-refractivity contribution in [2.45, 2.75) is 0 Å². The summed E-state index contributed by atoms with van der Waals surface area (Å²) < 4.78 is 11.4. The van der Waals surface area contributed by atoms with Crippen molar-refractivity contribution in [3.63, 3.8) is 0 Å². The molecule has 4 aromatic heterocycles. The fourth-order valence-electron chi connectivity index (χ4n) is 9.49. The zero-order valence-electron chi connectivity index (χ0n) is 31.7. The van der Waals surface area contributed by atoms with Crippen molar-refractivity contribution >= 4 is 87.4 Å². The summed E-state index contributed by atoms with van der Waals surface area (Å²) in [6.07, 6.45) is 0. The van der Waals surface area contributed by atoms with E-state index in [9.17, 15) is 0 Å². The van der Waals surface area contributed by atoms with Gasteiger partial charge in [0.25, 0.3) is 0 Å². The molecule has 13 rings (SSSR count). The fourth-order valence-corrected chi connectivity index (χ4v) is 9.49. The van der Waals surface area contributed by atoms with Gasteiger partial charge in [0.05, 0.1) is 44.5 Å². The van der Waals surface area contributed by atoms with Gasteiger partial charge in [-0.25, -0.2) is 9.97 Å². The summed E-state index contributed by atoms with van der Waals surface area (Å²) in [5.41, 5.74) is 13.7. The van der Waals surface area contributed by atoms with E-state index in [0.717, 1.165) is 72.2 Å². The third kappa shape index (κ3) is 4.67. The van der Waals surface area contributed by atoms with Gasteiger partial charge in [0.15, 0.2) is 0 Å². The average Bonchev–Trinajstić information content (AvgIpc) is 3.95. The molecular weight excluding hydrogens is 721 g/mol. The van der Waals surface area contributed by atoms with Gasteiger partial charge >= 0.3 is 0 Å². The Morgan fingerprint density at radius 3 is 1.73 bits per heavy atom. The number of hydrogen-bond acceptors (Lipinski definition) is 3. The lowest BCUT2D eigenvalue weighted by molar-refractivity contribution is 0.670. The Morgan fingerprint density at radius 2 is 0.966 bits per heavy atom. The summed E-state index contributed by atoms with van der Waals surface area (Å²) in [7, 11) is 0. The Hall–Kier alpha value is -8.02. The molecule has 0 fully saturated rings. The highest BCUT2D eigenvalue weighted by Gasteiger charge is 2.21. The van der Waals surface area contributed by atoms with Crippen molar-refractivity contribution in [3.8, 4) is 33.9 Å². The molecule has 0 aliphatic carbocycles. The minimum Gasteiger partial charge on any atom is -0.455 e. The van der Waals surface area contributed by atoms with Gasteiger partial charge in [-0.05, 0) is 78.2 Å². The summed E-state index contributed by atoms with van der Waals surface area (Å²) in [5.74, 6) is 0. The molecule has 0 aliphatic rings. The molecule has 0 aliphatic heterocycles. The number of rotatable bonds is 4. The zero-order chi connectivity index (χ0) is 38.6. The second kappa shape index (κ2) is 12.2. The van der Waals surface area contributed by atoms with Crippen LogP contribution in [0.4, 0.5) is 0 Å². The summed E-state index contributed by atoms with van der Waals surface area (Å²) >= 11 is 0. The van der Waals surface area contributed by atoms with Gasteiger partial charge in [0.2, 0.25) is 0 Å². The molecule has 0 amide bonds. The van der Waals surface area contributed by atoms with Gasteiger partial charge in [0, 0.05) is 54.5 Å². The molecule has 5 nitrogen and oxygen atoms in total. The van der Waals surface area contributed by atoms with Crippen molar-refractivity contribution in [1.29, 1.82) is 0 Å². The molecular formula is C54H32N4O. The molecule has 0 radical (unpaired) electrons. The average molecular weight is 753 g/mol. The van der Waals surface area contributed by atoms with Crippen LogP contribution in [0.3, 0.4) is 0 Å². The van der Waals surface area contributed by atoms with Gasteiger partial charge in [0.1, 0.15) is 16.9 Å². The van der Waals surface area contributed by atoms with E-state index in [0.29, 0.717) is 0 Å². The van der Waals surface area contributed by atoms with E-state index in [1.54, 1.807) is 0 Å². The first-order valence-corrected chi connectivity index (χ1v) is 20.0. The van der Waals surface area contributed by atoms with Gasteiger partial charge in [-0.3, -0.25) is 0 Å². The molecule has 0 saturated heterocycles. The summed E-state index contributed by atoms with van der Waals surface area (Å²) in [4.78, 5) is 10.6. The number of nitrogens with zero attached hydrogens (tertiary/aromatic N) is 4. The molecule has 4 heterocycles. The van der Waals surface area contributed by atoms with E-state index in [2.05, 4.69) is 167 Å². The number of para-hydroxylation sites is 7. The monoisotopic (exact) mass is 752 g/mol. The van der Waals surface area contributed by atoms with Crippen LogP contribution in [0.15, 0.2) is 199 Å². The largest absolute Gasteiger partial charge is 0.455 e. The van der Waals surface area contributed by atoms with Crippen LogP contribution >= 0.6 is 0 Å². The first-order valence-electron chi connectivity index (χ1n) is 20.0. The van der Waals surface area contributed by atoms with Gasteiger partial charge in [-0.15, -0.1) is 0 Å². The van der Waals surface area contributed by atoms with Gasteiger partial charge in [-0.1, -0.05) is 121 Å². The minimum absolute atomic E-state index is 0.788. The second-order valence-electron chi connectivity index (χ2n) is 15.3. The highest BCUT2D eigenvalue weighted by molar-refractivity contribution is 6.16. The van der Waals surface area contributed by atoms with Crippen LogP contribution in [0.25, 0.3) is 121 Å². The molecule has 13 aromatic rings. The predicted octanol–water partition coefficient (Wildman–Crippen LogP) is 14.2. The predicted molar refractivity (Wildman–Crippen MR) is 244 cm³/mol. The second-order valence-corrected chi connectivity index (χ2v) is 15.3. The van der Waals surface area contributed by atoms with Crippen molar-refractivity contribution in [2.24, 2.45) is 0 Å². The highest BCUT2D eigenvalue weighted by Crippen LogP contribution is 2.42. The first-order chi connectivity index (χ1) is 29.3. The lowest BCUT2D eigenvalue weighted by Gasteiger charge is -2.14. The lowest BCUT2D eigenvalue weighted by atomic mass is 10.0. The molecule has 0 unspecified atom stereocenters. The van der Waals surface area contributed by atoms with Gasteiger partial charge in [-0.2, -0.15) is 0 Å². The minimum atomic E-state index is 0.788. The Balaban J connectivity index is 1.04. The number of aromatic nitrogens is 4. The molecule has 9 aromatic carbocycles. The van der Waals surface area contributed by atoms with Crippen LogP contribution in [0, 0.1) is 0 Å². The van der Waals surface area contributed by atoms with Crippen molar-refractivity contribution in [3.05, 3.63) is 194 Å². The van der Waals surface area contributed by atoms with Crippen LogP contribution < -0.4 is 0 Å². The molecule has 274 valence electrons. The smallest absolute Gasteiger partial charge is 0.144 e. The van der Waals surface area contributed by atoms with Crippen molar-refractivity contribution in [1.82, 2.24) is 19.1 Å². The van der Waals surface area contributed by atoms with Crippen LogP contribution in [0.1, 0.15) is 0 Å². The van der Waals surface area contributed by atoms with Crippen LogP contribution in [0.5, 0.6) is 0 Å². The maximum atomic E-state index is 6.56. The molecule has 0 bridgehead atoms. The molecule has 0 saturated carbocycles. The van der Waals surface area contributed by atoms with E-state index in [1.807, 2.05) is 36.4 Å². The first kappa shape index (κ1) is 32.1.